The molecule has 0 spiro atoms. The second kappa shape index (κ2) is 5.81. The van der Waals surface area contributed by atoms with Crippen LogP contribution < -0.4 is 0 Å². The maximum absolute atomic E-state index is 11.9. The third kappa shape index (κ3) is 3.09. The first kappa shape index (κ1) is 13.5. The van der Waals surface area contributed by atoms with Gasteiger partial charge in [-0.15, -0.1) is 11.8 Å². The molecular weight excluding hydrogens is 274 g/mol. The molecular formula is C11H9NO6S. The van der Waals surface area contributed by atoms with Crippen molar-refractivity contribution in [2.24, 2.45) is 0 Å². The van der Waals surface area contributed by atoms with Crippen LogP contribution in [0.25, 0.3) is 0 Å². The highest BCUT2D eigenvalue weighted by atomic mass is 32.2. The lowest BCUT2D eigenvalue weighted by Gasteiger charge is -2.09. The number of ketones is 2. The number of hydrogen-bond acceptors (Lipinski definition) is 7. The third-order valence-electron chi connectivity index (χ3n) is 2.24. The lowest BCUT2D eigenvalue weighted by molar-refractivity contribution is -0.141. The summed E-state index contributed by atoms with van der Waals surface area (Å²) in [7, 11) is 0. The van der Waals surface area contributed by atoms with E-state index in [4.69, 9.17) is 14.4 Å². The van der Waals surface area contributed by atoms with E-state index in [9.17, 15) is 14.4 Å². The van der Waals surface area contributed by atoms with Gasteiger partial charge in [0, 0.05) is 11.8 Å². The van der Waals surface area contributed by atoms with Crippen molar-refractivity contribution >= 4 is 29.3 Å². The molecule has 0 unspecified atom stereocenters. The first-order valence-corrected chi connectivity index (χ1v) is 6.26. The summed E-state index contributed by atoms with van der Waals surface area (Å²) in [5.74, 6) is -1.45. The molecule has 19 heavy (non-hydrogen) atoms. The Morgan fingerprint density at radius 1 is 1.47 bits per heavy atom. The van der Waals surface area contributed by atoms with Crippen LogP contribution in [0.1, 0.15) is 20.9 Å². The van der Waals surface area contributed by atoms with Gasteiger partial charge in [0.05, 0.1) is 23.3 Å². The lowest BCUT2D eigenvalue weighted by Crippen LogP contribution is -2.14. The molecule has 1 aromatic heterocycles. The summed E-state index contributed by atoms with van der Waals surface area (Å²) in [6.07, 6.45) is 2.40. The van der Waals surface area contributed by atoms with E-state index in [-0.39, 0.29) is 35.2 Å². The van der Waals surface area contributed by atoms with E-state index in [2.05, 4.69) is 5.16 Å². The predicted octanol–water partition coefficient (Wildman–Crippen LogP) is 0.772. The highest BCUT2D eigenvalue weighted by molar-refractivity contribution is 8.04. The van der Waals surface area contributed by atoms with Crippen molar-refractivity contribution in [2.45, 2.75) is 0 Å². The van der Waals surface area contributed by atoms with Crippen LogP contribution in [0.4, 0.5) is 0 Å². The molecule has 1 N–H and O–H groups in total. The minimum absolute atomic E-state index is 0.0449. The van der Waals surface area contributed by atoms with Gasteiger partial charge in [-0.3, -0.25) is 9.59 Å². The van der Waals surface area contributed by atoms with Crippen LogP contribution in [-0.2, 0) is 9.53 Å². The molecule has 1 aliphatic carbocycles. The van der Waals surface area contributed by atoms with Crippen molar-refractivity contribution < 1.29 is 28.8 Å². The van der Waals surface area contributed by atoms with Crippen molar-refractivity contribution in [3.8, 4) is 0 Å². The number of thioether (sulfide) groups is 1. The molecule has 0 aliphatic heterocycles. The molecule has 100 valence electrons. The number of ether oxygens (including phenoxy) is 1. The normalized spacial score (nSPS) is 14.2. The smallest absolute Gasteiger partial charge is 0.329 e. The molecule has 0 aromatic carbocycles. The molecule has 0 amide bonds. The number of aromatic nitrogens is 1. The van der Waals surface area contributed by atoms with E-state index >= 15 is 0 Å². The van der Waals surface area contributed by atoms with Gasteiger partial charge in [0.25, 0.3) is 0 Å². The summed E-state index contributed by atoms with van der Waals surface area (Å²) in [5, 5.41) is 11.8. The molecule has 0 atom stereocenters. The Hall–Kier alpha value is -1.93. The molecule has 0 radical (unpaired) electrons. The van der Waals surface area contributed by atoms with Gasteiger partial charge in [0.15, 0.2) is 0 Å². The number of carbonyl (C=O) groups is 3. The van der Waals surface area contributed by atoms with E-state index < -0.39 is 11.8 Å². The van der Waals surface area contributed by atoms with Crippen molar-refractivity contribution in [2.75, 3.05) is 19.0 Å². The summed E-state index contributed by atoms with van der Waals surface area (Å²) in [6, 6.07) is 0. The van der Waals surface area contributed by atoms with Gasteiger partial charge in [-0.05, 0) is 0 Å². The Kier molecular flexibility index (Phi) is 4.13. The van der Waals surface area contributed by atoms with Gasteiger partial charge in [0.2, 0.25) is 17.3 Å². The van der Waals surface area contributed by atoms with Gasteiger partial charge in [-0.2, -0.15) is 0 Å². The van der Waals surface area contributed by atoms with Gasteiger partial charge in [-0.25, -0.2) is 4.79 Å². The number of hydrogen-bond donors (Lipinski definition) is 1. The average molecular weight is 283 g/mol. The Balaban J connectivity index is 1.90. The second-order valence-electron chi connectivity index (χ2n) is 3.57. The monoisotopic (exact) mass is 283 g/mol. The van der Waals surface area contributed by atoms with Gasteiger partial charge < -0.3 is 14.4 Å². The Morgan fingerprint density at radius 2 is 2.26 bits per heavy atom. The molecule has 0 bridgehead atoms. The predicted molar refractivity (Wildman–Crippen MR) is 64.2 cm³/mol. The van der Waals surface area contributed by atoms with Crippen LogP contribution in [0.2, 0.25) is 0 Å². The van der Waals surface area contributed by atoms with Crippen molar-refractivity contribution in [3.05, 3.63) is 28.5 Å². The Morgan fingerprint density at radius 3 is 3.00 bits per heavy atom. The first-order chi connectivity index (χ1) is 9.09. The zero-order valence-corrected chi connectivity index (χ0v) is 10.4. The average Bonchev–Trinajstić information content (AvgIpc) is 2.84. The first-order valence-electron chi connectivity index (χ1n) is 5.27. The highest BCUT2D eigenvalue weighted by Crippen LogP contribution is 2.27. The van der Waals surface area contributed by atoms with Crippen LogP contribution in [0.3, 0.4) is 0 Å². The largest absolute Gasteiger partial charge is 0.480 e. The fraction of sp³-hybridized carbons (Fsp3) is 0.273. The third-order valence-corrected chi connectivity index (χ3v) is 3.22. The number of Topliss-reactive ketones (excluding diaryl/α,β-unsaturated/α-hetero) is 1. The van der Waals surface area contributed by atoms with Crippen LogP contribution >= 0.6 is 11.8 Å². The van der Waals surface area contributed by atoms with Gasteiger partial charge in [-0.1, -0.05) is 5.16 Å². The lowest BCUT2D eigenvalue weighted by atomic mass is 10.0. The summed E-state index contributed by atoms with van der Waals surface area (Å²) >= 11 is 1.13. The summed E-state index contributed by atoms with van der Waals surface area (Å²) in [6.45, 7) is -0.214. The molecule has 0 saturated heterocycles. The van der Waals surface area contributed by atoms with Gasteiger partial charge in [0.1, 0.15) is 6.61 Å². The number of carbonyl (C=O) groups excluding carboxylic acids is 2. The molecule has 1 heterocycles. The number of fused-ring (bicyclic) bond motifs is 1. The van der Waals surface area contributed by atoms with Crippen LogP contribution in [0, 0.1) is 0 Å². The molecule has 0 saturated carbocycles. The molecule has 1 aromatic rings. The van der Waals surface area contributed by atoms with Crippen molar-refractivity contribution in [1.29, 1.82) is 0 Å². The fourth-order valence-corrected chi connectivity index (χ4v) is 2.29. The van der Waals surface area contributed by atoms with Crippen LogP contribution in [-0.4, -0.2) is 46.8 Å². The van der Waals surface area contributed by atoms with Crippen molar-refractivity contribution in [1.82, 2.24) is 5.16 Å². The number of carboxylic acids is 1. The Bertz CT molecular complexity index is 561. The molecule has 0 fully saturated rings. The number of nitrogens with zero attached hydrogens (tertiary/aromatic N) is 1. The van der Waals surface area contributed by atoms with Gasteiger partial charge >= 0.3 is 5.97 Å². The standard InChI is InChI=1S/C11H9NO6S/c13-7-3-8(19-2-1-17-5-9(14)15)10(16)6-4-12-18-11(6)7/h3-4H,1-2,5H2,(H,14,15). The Labute approximate surface area is 111 Å². The van der Waals surface area contributed by atoms with E-state index in [1.165, 1.54) is 12.3 Å². The van der Waals surface area contributed by atoms with E-state index in [0.717, 1.165) is 11.8 Å². The molecule has 7 nitrogen and oxygen atoms in total. The van der Waals surface area contributed by atoms with Crippen LogP contribution in [0.15, 0.2) is 21.7 Å². The zero-order chi connectivity index (χ0) is 13.8. The number of rotatable bonds is 6. The summed E-state index contributed by atoms with van der Waals surface area (Å²) in [5.41, 5.74) is 0.154. The highest BCUT2D eigenvalue weighted by Gasteiger charge is 2.29. The fourth-order valence-electron chi connectivity index (χ4n) is 1.44. The minimum atomic E-state index is -1.05. The SMILES string of the molecule is O=C(O)COCCSC1=CC(=O)c2oncc2C1=O. The topological polar surface area (TPSA) is 107 Å². The number of aliphatic carboxylic acids is 1. The second-order valence-corrected chi connectivity index (χ2v) is 4.70. The molecule has 1 aliphatic rings. The van der Waals surface area contributed by atoms with E-state index in [0.29, 0.717) is 5.75 Å². The zero-order valence-electron chi connectivity index (χ0n) is 9.62. The minimum Gasteiger partial charge on any atom is -0.480 e. The molecule has 2 rings (SSSR count). The van der Waals surface area contributed by atoms with E-state index in [1.54, 1.807) is 0 Å². The quantitative estimate of drug-likeness (QED) is 0.763. The summed E-state index contributed by atoms with van der Waals surface area (Å²) in [4.78, 5) is 34.0. The molecule has 8 heteroatoms. The summed E-state index contributed by atoms with van der Waals surface area (Å²) < 4.78 is 9.52. The van der Waals surface area contributed by atoms with E-state index in [1.807, 2.05) is 0 Å². The number of carboxylic acid groups (broad SMARTS) is 1. The maximum Gasteiger partial charge on any atom is 0.329 e. The van der Waals surface area contributed by atoms with Crippen molar-refractivity contribution in [3.63, 3.8) is 0 Å². The number of allylic oxidation sites excluding steroid dienone is 2. The maximum atomic E-state index is 11.9. The van der Waals surface area contributed by atoms with Crippen LogP contribution in [0.5, 0.6) is 0 Å².